The number of epoxide rings is 1. The van der Waals surface area contributed by atoms with Gasteiger partial charge < -0.3 is 9.84 Å². The van der Waals surface area contributed by atoms with Gasteiger partial charge in [0.2, 0.25) is 5.78 Å². The number of hydrogen-bond donors (Lipinski definition) is 1. The van der Waals surface area contributed by atoms with E-state index in [-0.39, 0.29) is 35.1 Å². The van der Waals surface area contributed by atoms with E-state index in [2.05, 4.69) is 13.8 Å². The van der Waals surface area contributed by atoms with E-state index in [0.717, 1.165) is 19.3 Å². The molecular formula is C22H27FO4. The summed E-state index contributed by atoms with van der Waals surface area (Å²) < 4.78 is 21.1. The Labute approximate surface area is 158 Å². The molecule has 27 heavy (non-hydrogen) atoms. The standard InChI is InChI=1S/C22H27FO4/c1-11-8-14-12-4-5-13-19(23)15(25)6-7-21(13,3)22(12)17(27-22)9-20(14,2)18(11)16(26)10-24/h6-7,11-12,14,17-18,24H,4-5,8-10H2,1-3H3/t11-,12-,14-,17?,18-,20-,21-,22?/m0/s1. The van der Waals surface area contributed by atoms with Crippen LogP contribution in [0, 0.1) is 34.5 Å². The van der Waals surface area contributed by atoms with Crippen molar-refractivity contribution in [3.63, 3.8) is 0 Å². The third-order valence-electron chi connectivity index (χ3n) is 8.87. The quantitative estimate of drug-likeness (QED) is 0.754. The van der Waals surface area contributed by atoms with Crippen molar-refractivity contribution in [1.82, 2.24) is 0 Å². The van der Waals surface area contributed by atoms with E-state index in [1.54, 1.807) is 0 Å². The topological polar surface area (TPSA) is 66.9 Å². The lowest BCUT2D eigenvalue weighted by molar-refractivity contribution is -0.132. The molecule has 0 amide bonds. The number of ketones is 2. The fourth-order valence-corrected chi connectivity index (χ4v) is 7.88. The van der Waals surface area contributed by atoms with Gasteiger partial charge in [0, 0.05) is 11.3 Å². The number of aliphatic hydroxyl groups excluding tert-OH is 1. The Balaban J connectivity index is 1.59. The molecule has 5 heteroatoms. The summed E-state index contributed by atoms with van der Waals surface area (Å²) in [6.45, 7) is 5.93. The summed E-state index contributed by atoms with van der Waals surface area (Å²) >= 11 is 0. The second kappa shape index (κ2) is 5.18. The van der Waals surface area contributed by atoms with Crippen molar-refractivity contribution in [2.75, 3.05) is 6.61 Å². The number of rotatable bonds is 2. The summed E-state index contributed by atoms with van der Waals surface area (Å²) in [5.74, 6) is -0.517. The molecular weight excluding hydrogens is 347 g/mol. The van der Waals surface area contributed by atoms with E-state index in [0.29, 0.717) is 17.9 Å². The highest BCUT2D eigenvalue weighted by atomic mass is 19.1. The number of fused-ring (bicyclic) bond motifs is 3. The Bertz CT molecular complexity index is 815. The van der Waals surface area contributed by atoms with Crippen LogP contribution in [0.15, 0.2) is 23.6 Å². The highest BCUT2D eigenvalue weighted by molar-refractivity contribution is 6.04. The number of halogens is 1. The van der Waals surface area contributed by atoms with Gasteiger partial charge in [-0.15, -0.1) is 0 Å². The number of allylic oxidation sites excluding steroid dienone is 2. The largest absolute Gasteiger partial charge is 0.389 e. The van der Waals surface area contributed by atoms with Gasteiger partial charge in [-0.2, -0.15) is 0 Å². The molecule has 5 rings (SSSR count). The molecule has 1 heterocycles. The van der Waals surface area contributed by atoms with Crippen LogP contribution in [-0.2, 0) is 14.3 Å². The lowest BCUT2D eigenvalue weighted by atomic mass is 9.47. The summed E-state index contributed by atoms with van der Waals surface area (Å²) in [5, 5.41) is 9.50. The molecule has 5 aliphatic rings. The van der Waals surface area contributed by atoms with Gasteiger partial charge >= 0.3 is 0 Å². The fourth-order valence-electron chi connectivity index (χ4n) is 7.88. The zero-order chi connectivity index (χ0) is 19.4. The van der Waals surface area contributed by atoms with Crippen LogP contribution in [0.1, 0.15) is 46.5 Å². The van der Waals surface area contributed by atoms with Crippen LogP contribution in [0.25, 0.3) is 0 Å². The second-order valence-corrected chi connectivity index (χ2v) is 9.87. The van der Waals surface area contributed by atoms with Crippen molar-refractivity contribution in [2.45, 2.75) is 58.2 Å². The zero-order valence-corrected chi connectivity index (χ0v) is 16.1. The minimum absolute atomic E-state index is 0.0194. The van der Waals surface area contributed by atoms with Crippen molar-refractivity contribution < 1.29 is 23.8 Å². The first-order chi connectivity index (χ1) is 12.7. The predicted octanol–water partition coefficient (Wildman–Crippen LogP) is 3.15. The number of carbonyl (C=O) groups is 2. The van der Waals surface area contributed by atoms with Crippen LogP contribution in [-0.4, -0.2) is 35.0 Å². The highest BCUT2D eigenvalue weighted by Crippen LogP contribution is 2.76. The maximum absolute atomic E-state index is 14.7. The number of hydrogen-bond acceptors (Lipinski definition) is 4. The zero-order valence-electron chi connectivity index (χ0n) is 16.1. The molecule has 146 valence electrons. The van der Waals surface area contributed by atoms with Gasteiger partial charge in [-0.1, -0.05) is 19.9 Å². The first kappa shape index (κ1) is 17.7. The Morgan fingerprint density at radius 2 is 2.11 bits per heavy atom. The average Bonchev–Trinajstić information content (AvgIpc) is 3.27. The molecule has 2 unspecified atom stereocenters. The number of carbonyl (C=O) groups excluding carboxylic acids is 2. The van der Waals surface area contributed by atoms with Gasteiger partial charge in [0.05, 0.1) is 6.10 Å². The van der Waals surface area contributed by atoms with E-state index < -0.39 is 29.2 Å². The predicted molar refractivity (Wildman–Crippen MR) is 96.3 cm³/mol. The van der Waals surface area contributed by atoms with Crippen LogP contribution in [0.3, 0.4) is 0 Å². The number of ether oxygens (including phenoxy) is 1. The van der Waals surface area contributed by atoms with Crippen LogP contribution < -0.4 is 0 Å². The van der Waals surface area contributed by atoms with Gasteiger partial charge in [-0.3, -0.25) is 9.59 Å². The van der Waals surface area contributed by atoms with Gasteiger partial charge in [0.15, 0.2) is 11.6 Å². The van der Waals surface area contributed by atoms with Gasteiger partial charge in [-0.25, -0.2) is 4.39 Å². The summed E-state index contributed by atoms with van der Waals surface area (Å²) in [5.41, 5.74) is -0.608. The first-order valence-corrected chi connectivity index (χ1v) is 10.1. The second-order valence-electron chi connectivity index (χ2n) is 9.87. The molecule has 4 fully saturated rings. The number of Topliss-reactive ketones (excluding diaryl/α,β-unsaturated/α-hetero) is 1. The van der Waals surface area contributed by atoms with Gasteiger partial charge in [0.25, 0.3) is 0 Å². The molecule has 8 atom stereocenters. The summed E-state index contributed by atoms with van der Waals surface area (Å²) in [4.78, 5) is 24.4. The first-order valence-electron chi connectivity index (χ1n) is 10.1. The lowest BCUT2D eigenvalue weighted by Gasteiger charge is -2.54. The number of aliphatic hydroxyl groups is 1. The molecule has 0 aromatic rings. The van der Waals surface area contributed by atoms with Crippen molar-refractivity contribution in [1.29, 1.82) is 0 Å². The van der Waals surface area contributed by atoms with E-state index in [9.17, 15) is 19.1 Å². The molecule has 3 saturated carbocycles. The smallest absolute Gasteiger partial charge is 0.213 e. The van der Waals surface area contributed by atoms with E-state index >= 15 is 0 Å². The van der Waals surface area contributed by atoms with E-state index in [4.69, 9.17) is 4.74 Å². The molecule has 0 radical (unpaired) electrons. The van der Waals surface area contributed by atoms with Crippen molar-refractivity contribution >= 4 is 11.6 Å². The van der Waals surface area contributed by atoms with Crippen LogP contribution >= 0.6 is 0 Å². The van der Waals surface area contributed by atoms with Crippen molar-refractivity contribution in [3.05, 3.63) is 23.6 Å². The Kier molecular flexibility index (Phi) is 3.40. The molecule has 4 aliphatic carbocycles. The third kappa shape index (κ3) is 1.86. The van der Waals surface area contributed by atoms with E-state index in [1.165, 1.54) is 6.08 Å². The minimum Gasteiger partial charge on any atom is -0.389 e. The highest BCUT2D eigenvalue weighted by Gasteiger charge is 2.79. The SMILES string of the molecule is C[C@H]1C[C@H]2[C@@H]3CCC4=C(F)C(=O)C=C[C@]4(C)C34OC4C[C@]2(C)[C@@H]1C(=O)CO. The summed E-state index contributed by atoms with van der Waals surface area (Å²) in [6, 6.07) is 0. The Morgan fingerprint density at radius 1 is 1.37 bits per heavy atom. The van der Waals surface area contributed by atoms with Crippen LogP contribution in [0.5, 0.6) is 0 Å². The summed E-state index contributed by atoms with van der Waals surface area (Å²) in [6.07, 6.45) is 6.30. The molecule has 0 aromatic carbocycles. The average molecular weight is 374 g/mol. The van der Waals surface area contributed by atoms with Gasteiger partial charge in [0.1, 0.15) is 12.2 Å². The van der Waals surface area contributed by atoms with Crippen LogP contribution in [0.2, 0.25) is 0 Å². The third-order valence-corrected chi connectivity index (χ3v) is 8.87. The Morgan fingerprint density at radius 3 is 2.81 bits per heavy atom. The molecule has 1 saturated heterocycles. The maximum Gasteiger partial charge on any atom is 0.213 e. The summed E-state index contributed by atoms with van der Waals surface area (Å²) in [7, 11) is 0. The molecule has 1 N–H and O–H groups in total. The van der Waals surface area contributed by atoms with Gasteiger partial charge in [-0.05, 0) is 67.4 Å². The Hall–Kier alpha value is -1.33. The molecule has 1 aliphatic heterocycles. The lowest BCUT2D eigenvalue weighted by Crippen LogP contribution is -2.57. The van der Waals surface area contributed by atoms with E-state index in [1.807, 2.05) is 13.0 Å². The molecule has 0 bridgehead atoms. The molecule has 4 nitrogen and oxygen atoms in total. The monoisotopic (exact) mass is 374 g/mol. The molecule has 0 aromatic heterocycles. The molecule has 1 spiro atoms. The fraction of sp³-hybridized carbons (Fsp3) is 0.727. The van der Waals surface area contributed by atoms with Crippen molar-refractivity contribution in [2.24, 2.45) is 34.5 Å². The van der Waals surface area contributed by atoms with Crippen molar-refractivity contribution in [3.8, 4) is 0 Å². The normalized spacial score (nSPS) is 52.8. The maximum atomic E-state index is 14.7. The van der Waals surface area contributed by atoms with Crippen LogP contribution in [0.4, 0.5) is 4.39 Å². The minimum atomic E-state index is -0.594.